The van der Waals surface area contributed by atoms with Gasteiger partial charge in [0.1, 0.15) is 5.56 Å². The molecule has 1 rings (SSSR count). The number of carbonyl (C=O) groups excluding carboxylic acids is 1. The van der Waals surface area contributed by atoms with Gasteiger partial charge in [0.25, 0.3) is 5.91 Å². The normalized spacial score (nSPS) is 10.4. The lowest BCUT2D eigenvalue weighted by atomic mass is 10.2. The molecule has 0 saturated heterocycles. The molecule has 1 aromatic heterocycles. The third-order valence-corrected chi connectivity index (χ3v) is 2.79. The van der Waals surface area contributed by atoms with E-state index in [-0.39, 0.29) is 23.5 Å². The van der Waals surface area contributed by atoms with E-state index in [2.05, 4.69) is 4.98 Å². The first kappa shape index (κ1) is 14.4. The predicted molar refractivity (Wildman–Crippen MR) is 69.7 cm³/mol. The minimum absolute atomic E-state index is 0.172. The summed E-state index contributed by atoms with van der Waals surface area (Å²) < 4.78 is 0. The largest absolute Gasteiger partial charge is 0.396 e. The van der Waals surface area contributed by atoms with Crippen LogP contribution in [-0.2, 0) is 0 Å². The zero-order chi connectivity index (χ0) is 13.5. The van der Waals surface area contributed by atoms with Crippen LogP contribution in [0.2, 0.25) is 0 Å². The van der Waals surface area contributed by atoms with Crippen LogP contribution in [0.5, 0.6) is 0 Å². The molecule has 0 fully saturated rings. The average molecular weight is 252 g/mol. The van der Waals surface area contributed by atoms with Gasteiger partial charge in [-0.15, -0.1) is 0 Å². The fourth-order valence-electron chi connectivity index (χ4n) is 1.69. The average Bonchev–Trinajstić information content (AvgIpc) is 2.33. The van der Waals surface area contributed by atoms with Crippen molar-refractivity contribution in [1.29, 1.82) is 0 Å². The summed E-state index contributed by atoms with van der Waals surface area (Å²) in [6.45, 7) is 2.54. The summed E-state index contributed by atoms with van der Waals surface area (Å²) >= 11 is 0. The van der Waals surface area contributed by atoms with Gasteiger partial charge in [-0.25, -0.2) is 0 Å². The molecule has 1 heterocycles. The van der Waals surface area contributed by atoms with E-state index < -0.39 is 0 Å². The van der Waals surface area contributed by atoms with Crippen LogP contribution in [-0.4, -0.2) is 41.1 Å². The molecular formula is C13H20N2O3. The maximum atomic E-state index is 12.0. The van der Waals surface area contributed by atoms with Gasteiger partial charge in [0, 0.05) is 38.2 Å². The highest BCUT2D eigenvalue weighted by molar-refractivity contribution is 5.93. The van der Waals surface area contributed by atoms with Gasteiger partial charge in [-0.3, -0.25) is 9.59 Å². The Morgan fingerprint density at radius 2 is 2.11 bits per heavy atom. The molecule has 0 aliphatic heterocycles. The van der Waals surface area contributed by atoms with E-state index in [1.807, 2.05) is 0 Å². The van der Waals surface area contributed by atoms with Crippen molar-refractivity contribution in [3.63, 3.8) is 0 Å². The third-order valence-electron chi connectivity index (χ3n) is 2.79. The number of aromatic nitrogens is 1. The van der Waals surface area contributed by atoms with Crippen molar-refractivity contribution in [1.82, 2.24) is 9.88 Å². The molecule has 0 radical (unpaired) electrons. The second-order valence-electron chi connectivity index (χ2n) is 4.40. The number of aliphatic hydroxyl groups excluding tert-OH is 1. The molecule has 0 aliphatic rings. The Hall–Kier alpha value is -1.62. The van der Waals surface area contributed by atoms with Crippen molar-refractivity contribution in [3.8, 4) is 0 Å². The monoisotopic (exact) mass is 252 g/mol. The number of unbranched alkanes of at least 4 members (excludes halogenated alkanes) is 2. The van der Waals surface area contributed by atoms with E-state index in [0.717, 1.165) is 25.0 Å². The van der Waals surface area contributed by atoms with Gasteiger partial charge >= 0.3 is 0 Å². The number of aliphatic hydroxyl groups is 1. The first-order valence-electron chi connectivity index (χ1n) is 6.12. The van der Waals surface area contributed by atoms with E-state index in [1.165, 1.54) is 17.2 Å². The zero-order valence-corrected chi connectivity index (χ0v) is 10.9. The number of pyridine rings is 1. The van der Waals surface area contributed by atoms with Gasteiger partial charge in [0.15, 0.2) is 5.43 Å². The molecule has 0 aliphatic carbocycles. The molecule has 0 unspecified atom stereocenters. The van der Waals surface area contributed by atoms with Crippen molar-refractivity contribution in [2.45, 2.75) is 26.2 Å². The summed E-state index contributed by atoms with van der Waals surface area (Å²) in [4.78, 5) is 28.1. The molecular weight excluding hydrogens is 232 g/mol. The van der Waals surface area contributed by atoms with Gasteiger partial charge in [0.2, 0.25) is 0 Å². The van der Waals surface area contributed by atoms with E-state index >= 15 is 0 Å². The van der Waals surface area contributed by atoms with Crippen LogP contribution in [0.15, 0.2) is 17.1 Å². The first-order valence-corrected chi connectivity index (χ1v) is 6.12. The molecule has 0 atom stereocenters. The zero-order valence-electron chi connectivity index (χ0n) is 10.9. The van der Waals surface area contributed by atoms with E-state index in [1.54, 1.807) is 14.0 Å². The molecule has 5 heteroatoms. The highest BCUT2D eigenvalue weighted by Crippen LogP contribution is 2.01. The summed E-state index contributed by atoms with van der Waals surface area (Å²) in [6.07, 6.45) is 3.91. The molecule has 100 valence electrons. The Morgan fingerprint density at radius 3 is 2.72 bits per heavy atom. The Morgan fingerprint density at radius 1 is 1.39 bits per heavy atom. The number of nitrogens with zero attached hydrogens (tertiary/aromatic N) is 1. The van der Waals surface area contributed by atoms with Crippen molar-refractivity contribution in [2.75, 3.05) is 20.2 Å². The smallest absolute Gasteiger partial charge is 0.259 e. The van der Waals surface area contributed by atoms with Gasteiger partial charge in [-0.2, -0.15) is 0 Å². The molecule has 18 heavy (non-hydrogen) atoms. The molecule has 5 nitrogen and oxygen atoms in total. The number of aromatic amines is 1. The van der Waals surface area contributed by atoms with E-state index in [0.29, 0.717) is 6.54 Å². The standard InChI is InChI=1S/C13H20N2O3/c1-10-8-12(17)11(9-14-10)13(18)15(2)6-4-3-5-7-16/h8-9,16H,3-7H2,1-2H3,(H,14,17). The van der Waals surface area contributed by atoms with Gasteiger partial charge in [0.05, 0.1) is 0 Å². The Bertz CT molecular complexity index is 454. The number of nitrogens with one attached hydrogen (secondary N) is 1. The Labute approximate surface area is 106 Å². The lowest BCUT2D eigenvalue weighted by Crippen LogP contribution is -2.31. The molecule has 2 N–H and O–H groups in total. The van der Waals surface area contributed by atoms with E-state index in [9.17, 15) is 9.59 Å². The highest BCUT2D eigenvalue weighted by atomic mass is 16.3. The van der Waals surface area contributed by atoms with Crippen LogP contribution in [0.3, 0.4) is 0 Å². The Balaban J connectivity index is 2.60. The lowest BCUT2D eigenvalue weighted by Gasteiger charge is -2.16. The van der Waals surface area contributed by atoms with Gasteiger partial charge in [-0.05, 0) is 26.2 Å². The quantitative estimate of drug-likeness (QED) is 0.739. The number of rotatable bonds is 6. The maximum absolute atomic E-state index is 12.0. The molecule has 1 aromatic rings. The second-order valence-corrected chi connectivity index (χ2v) is 4.40. The lowest BCUT2D eigenvalue weighted by molar-refractivity contribution is 0.0790. The summed E-state index contributed by atoms with van der Waals surface area (Å²) in [6, 6.07) is 1.42. The predicted octanol–water partition coefficient (Wildman–Crippen LogP) is 0.918. The van der Waals surface area contributed by atoms with Gasteiger partial charge in [-0.1, -0.05) is 0 Å². The fraction of sp³-hybridized carbons (Fsp3) is 0.538. The minimum atomic E-state index is -0.264. The molecule has 0 spiro atoms. The van der Waals surface area contributed by atoms with Crippen LogP contribution in [0.4, 0.5) is 0 Å². The number of hydrogen-bond donors (Lipinski definition) is 2. The molecule has 1 amide bonds. The highest BCUT2D eigenvalue weighted by Gasteiger charge is 2.14. The van der Waals surface area contributed by atoms with Crippen LogP contribution in [0.1, 0.15) is 35.3 Å². The summed E-state index contributed by atoms with van der Waals surface area (Å²) in [5, 5.41) is 8.66. The number of carbonyl (C=O) groups is 1. The summed E-state index contributed by atoms with van der Waals surface area (Å²) in [7, 11) is 1.68. The number of H-pyrrole nitrogens is 1. The Kier molecular flexibility index (Phi) is 5.58. The molecule has 0 bridgehead atoms. The summed E-state index contributed by atoms with van der Waals surface area (Å²) in [5.74, 6) is -0.264. The van der Waals surface area contributed by atoms with Crippen LogP contribution in [0.25, 0.3) is 0 Å². The number of aryl methyl sites for hydroxylation is 1. The fourth-order valence-corrected chi connectivity index (χ4v) is 1.69. The SMILES string of the molecule is Cc1cc(=O)c(C(=O)N(C)CCCCCO)c[nH]1. The van der Waals surface area contributed by atoms with Crippen molar-refractivity contribution < 1.29 is 9.90 Å². The summed E-state index contributed by atoms with van der Waals surface area (Å²) in [5.41, 5.74) is 0.658. The molecule has 0 aromatic carbocycles. The molecule has 0 saturated carbocycles. The van der Waals surface area contributed by atoms with Crippen LogP contribution in [0, 0.1) is 6.92 Å². The number of amides is 1. The topological polar surface area (TPSA) is 73.4 Å². The van der Waals surface area contributed by atoms with Gasteiger partial charge < -0.3 is 15.0 Å². The minimum Gasteiger partial charge on any atom is -0.396 e. The van der Waals surface area contributed by atoms with Crippen LogP contribution >= 0.6 is 0 Å². The first-order chi connectivity index (χ1) is 8.56. The third kappa shape index (κ3) is 4.00. The van der Waals surface area contributed by atoms with Crippen molar-refractivity contribution in [3.05, 3.63) is 33.7 Å². The second kappa shape index (κ2) is 6.96. The van der Waals surface area contributed by atoms with E-state index in [4.69, 9.17) is 5.11 Å². The van der Waals surface area contributed by atoms with Crippen molar-refractivity contribution >= 4 is 5.91 Å². The van der Waals surface area contributed by atoms with Crippen molar-refractivity contribution in [2.24, 2.45) is 0 Å². The number of hydrogen-bond acceptors (Lipinski definition) is 3. The maximum Gasteiger partial charge on any atom is 0.259 e. The van der Waals surface area contributed by atoms with Crippen LogP contribution < -0.4 is 5.43 Å².